The monoisotopic (exact) mass is 628 g/mol. The van der Waals surface area contributed by atoms with Gasteiger partial charge in [-0.3, -0.25) is 19.7 Å². The lowest BCUT2D eigenvalue weighted by atomic mass is 10.2. The molecule has 0 spiro atoms. The number of carboxylic acid groups (broad SMARTS) is 2. The van der Waals surface area contributed by atoms with E-state index in [2.05, 4.69) is 16.0 Å². The van der Waals surface area contributed by atoms with Gasteiger partial charge < -0.3 is 49.5 Å². The number of thiocarbonyl (C=S) groups is 1. The first-order valence-corrected chi connectivity index (χ1v) is 13.9. The summed E-state index contributed by atoms with van der Waals surface area (Å²) in [7, 11) is 0. The summed E-state index contributed by atoms with van der Waals surface area (Å²) in [5.74, 6) is -0.870. The summed E-state index contributed by atoms with van der Waals surface area (Å²) in [5, 5.41) is 36.4. The van der Waals surface area contributed by atoms with E-state index in [4.69, 9.17) is 36.0 Å². The highest BCUT2D eigenvalue weighted by atomic mass is 32.1. The Labute approximate surface area is 257 Å². The maximum Gasteiger partial charge on any atom is 0.323 e. The van der Waals surface area contributed by atoms with Crippen LogP contribution in [0.3, 0.4) is 0 Å². The fraction of sp³-hybridized carbons (Fsp3) is 0.310. The number of fused-ring (bicyclic) bond motifs is 1. The van der Waals surface area contributed by atoms with Gasteiger partial charge in [-0.15, -0.1) is 0 Å². The molecule has 1 amide bonds. The Kier molecular flexibility index (Phi) is 11.0. The zero-order valence-corrected chi connectivity index (χ0v) is 24.6. The van der Waals surface area contributed by atoms with E-state index in [1.807, 2.05) is 13.0 Å². The average molecular weight is 629 g/mol. The SMILES string of the molecule is Cc1ccc(N(CCO)CC(=O)O)c(OCCOc2cc3cc(C=C4NC(=S)NC4=O)oc3cc2OCCNCC(=O)O)c1. The Morgan fingerprint density at radius 2 is 1.73 bits per heavy atom. The number of ether oxygens (including phenoxy) is 3. The van der Waals surface area contributed by atoms with Gasteiger partial charge in [0.25, 0.3) is 5.91 Å². The van der Waals surface area contributed by atoms with Crippen LogP contribution in [0, 0.1) is 6.92 Å². The number of anilines is 1. The van der Waals surface area contributed by atoms with E-state index >= 15 is 0 Å². The molecule has 1 aliphatic rings. The van der Waals surface area contributed by atoms with Crippen LogP contribution in [0.5, 0.6) is 17.2 Å². The number of carbonyl (C=O) groups is 3. The number of aliphatic carboxylic acids is 2. The second-order valence-corrected chi connectivity index (χ2v) is 9.99. The molecule has 4 rings (SSSR count). The number of carbonyl (C=O) groups excluding carboxylic acids is 1. The minimum Gasteiger partial charge on any atom is -0.488 e. The molecule has 0 radical (unpaired) electrons. The summed E-state index contributed by atoms with van der Waals surface area (Å²) in [6.45, 7) is 1.82. The molecule has 2 aromatic carbocycles. The van der Waals surface area contributed by atoms with E-state index < -0.39 is 11.9 Å². The molecule has 6 N–H and O–H groups in total. The van der Waals surface area contributed by atoms with E-state index in [1.54, 1.807) is 30.3 Å². The zero-order chi connectivity index (χ0) is 31.6. The third kappa shape index (κ3) is 8.82. The lowest BCUT2D eigenvalue weighted by Crippen LogP contribution is -2.32. The quantitative estimate of drug-likeness (QED) is 0.0715. The lowest BCUT2D eigenvalue weighted by Gasteiger charge is -2.25. The predicted octanol–water partition coefficient (Wildman–Crippen LogP) is 1.48. The highest BCUT2D eigenvalue weighted by Crippen LogP contribution is 2.35. The van der Waals surface area contributed by atoms with Gasteiger partial charge in [-0.2, -0.15) is 0 Å². The van der Waals surface area contributed by atoms with Crippen LogP contribution < -0.4 is 35.1 Å². The van der Waals surface area contributed by atoms with E-state index in [-0.39, 0.29) is 69.3 Å². The first-order valence-electron chi connectivity index (χ1n) is 13.5. The molecule has 3 aromatic rings. The molecule has 0 aliphatic carbocycles. The number of rotatable bonds is 17. The number of furan rings is 1. The highest BCUT2D eigenvalue weighted by Gasteiger charge is 2.21. The fourth-order valence-electron chi connectivity index (χ4n) is 4.29. The van der Waals surface area contributed by atoms with Gasteiger partial charge >= 0.3 is 11.9 Å². The van der Waals surface area contributed by atoms with Gasteiger partial charge in [-0.05, 0) is 49.0 Å². The standard InChI is InChI=1S/C29H32N4O10S/c1-17-2-3-21(33(5-6-34)16-27(37)38)23(10-17)41-8-9-42-24-12-18-11-19(13-20-28(39)32-29(44)31-20)43-22(18)14-25(24)40-7-4-30-15-26(35)36/h2-3,10-14,30,34H,4-9,15-16H2,1H3,(H,35,36)(H,37,38)(H2,31,32,39,44). The molecular formula is C29H32N4O10S. The molecule has 0 atom stereocenters. The Bertz CT molecular complexity index is 1570. The fourth-order valence-corrected chi connectivity index (χ4v) is 4.49. The number of hydrogen-bond donors (Lipinski definition) is 6. The van der Waals surface area contributed by atoms with Gasteiger partial charge in [0.1, 0.15) is 49.2 Å². The highest BCUT2D eigenvalue weighted by molar-refractivity contribution is 7.80. The number of aliphatic hydroxyl groups is 1. The number of aliphatic hydroxyl groups excluding tert-OH is 1. The molecule has 2 heterocycles. The molecule has 1 aromatic heterocycles. The number of nitrogens with one attached hydrogen (secondary N) is 3. The van der Waals surface area contributed by atoms with Gasteiger partial charge in [-0.1, -0.05) is 6.07 Å². The molecular weight excluding hydrogens is 596 g/mol. The second kappa shape index (κ2) is 15.0. The van der Waals surface area contributed by atoms with E-state index in [0.29, 0.717) is 39.7 Å². The molecule has 1 fully saturated rings. The summed E-state index contributed by atoms with van der Waals surface area (Å²) in [6, 6.07) is 10.4. The topological polar surface area (TPSA) is 192 Å². The molecule has 0 bridgehead atoms. The van der Waals surface area contributed by atoms with Crippen LogP contribution in [0.4, 0.5) is 5.69 Å². The number of benzene rings is 2. The van der Waals surface area contributed by atoms with Crippen LogP contribution in [0.25, 0.3) is 17.0 Å². The van der Waals surface area contributed by atoms with Crippen LogP contribution in [0.1, 0.15) is 11.3 Å². The molecule has 234 valence electrons. The van der Waals surface area contributed by atoms with Crippen molar-refractivity contribution in [3.8, 4) is 17.2 Å². The van der Waals surface area contributed by atoms with Gasteiger partial charge in [-0.25, -0.2) is 0 Å². The average Bonchev–Trinajstić information content (AvgIpc) is 3.50. The predicted molar refractivity (Wildman–Crippen MR) is 163 cm³/mol. The van der Waals surface area contributed by atoms with Crippen molar-refractivity contribution in [1.29, 1.82) is 0 Å². The molecule has 1 aliphatic heterocycles. The van der Waals surface area contributed by atoms with E-state index in [1.165, 1.54) is 11.0 Å². The molecule has 44 heavy (non-hydrogen) atoms. The number of amides is 1. The van der Waals surface area contributed by atoms with Gasteiger partial charge in [0.2, 0.25) is 0 Å². The Hall–Kier alpha value is -4.86. The Balaban J connectivity index is 1.50. The molecule has 15 heteroatoms. The minimum absolute atomic E-state index is 0.0851. The first kappa shape index (κ1) is 32.1. The summed E-state index contributed by atoms with van der Waals surface area (Å²) in [6.07, 6.45) is 1.52. The van der Waals surface area contributed by atoms with Crippen molar-refractivity contribution in [3.05, 3.63) is 53.4 Å². The first-order chi connectivity index (χ1) is 21.1. The van der Waals surface area contributed by atoms with Crippen molar-refractivity contribution in [3.63, 3.8) is 0 Å². The van der Waals surface area contributed by atoms with Crippen molar-refractivity contribution >= 4 is 57.9 Å². The van der Waals surface area contributed by atoms with E-state index in [9.17, 15) is 24.6 Å². The largest absolute Gasteiger partial charge is 0.488 e. The lowest BCUT2D eigenvalue weighted by molar-refractivity contribution is -0.136. The zero-order valence-electron chi connectivity index (χ0n) is 23.8. The normalized spacial score (nSPS) is 13.5. The number of carboxylic acids is 2. The van der Waals surface area contributed by atoms with Crippen LogP contribution in [-0.4, -0.2) is 90.9 Å². The summed E-state index contributed by atoms with van der Waals surface area (Å²) in [5.41, 5.74) is 2.12. The Morgan fingerprint density at radius 1 is 1.00 bits per heavy atom. The van der Waals surface area contributed by atoms with E-state index in [0.717, 1.165) is 5.56 Å². The van der Waals surface area contributed by atoms with Crippen LogP contribution in [-0.2, 0) is 14.4 Å². The summed E-state index contributed by atoms with van der Waals surface area (Å²) in [4.78, 5) is 35.7. The third-order valence-electron chi connectivity index (χ3n) is 6.17. The maximum absolute atomic E-state index is 12.0. The third-order valence-corrected chi connectivity index (χ3v) is 6.38. The number of hydrogen-bond acceptors (Lipinski definition) is 11. The van der Waals surface area contributed by atoms with Crippen molar-refractivity contribution in [1.82, 2.24) is 16.0 Å². The molecule has 0 unspecified atom stereocenters. The van der Waals surface area contributed by atoms with Crippen LogP contribution in [0.2, 0.25) is 0 Å². The Morgan fingerprint density at radius 3 is 2.41 bits per heavy atom. The van der Waals surface area contributed by atoms with Crippen molar-refractivity contribution in [2.24, 2.45) is 0 Å². The molecule has 0 saturated carbocycles. The molecule has 1 saturated heterocycles. The summed E-state index contributed by atoms with van der Waals surface area (Å²) < 4.78 is 23.8. The van der Waals surface area contributed by atoms with Crippen molar-refractivity contribution in [2.75, 3.05) is 57.5 Å². The van der Waals surface area contributed by atoms with Crippen LogP contribution >= 0.6 is 12.2 Å². The van der Waals surface area contributed by atoms with Crippen molar-refractivity contribution < 1.29 is 48.3 Å². The number of aryl methyl sites for hydroxylation is 1. The van der Waals surface area contributed by atoms with Gasteiger partial charge in [0, 0.05) is 30.6 Å². The van der Waals surface area contributed by atoms with Gasteiger partial charge in [0.15, 0.2) is 16.6 Å². The smallest absolute Gasteiger partial charge is 0.323 e. The van der Waals surface area contributed by atoms with Crippen molar-refractivity contribution in [2.45, 2.75) is 6.92 Å². The minimum atomic E-state index is -1.04. The molecule has 14 nitrogen and oxygen atoms in total. The van der Waals surface area contributed by atoms with Gasteiger partial charge in [0.05, 0.1) is 18.8 Å². The maximum atomic E-state index is 12.0. The van der Waals surface area contributed by atoms with Crippen LogP contribution in [0.15, 0.2) is 46.5 Å². The second-order valence-electron chi connectivity index (χ2n) is 9.58. The summed E-state index contributed by atoms with van der Waals surface area (Å²) >= 11 is 4.97. The number of nitrogens with zero attached hydrogens (tertiary/aromatic N) is 1.